The minimum Gasteiger partial charge on any atom is -0.492 e. The molecule has 0 amide bonds. The van der Waals surface area contributed by atoms with E-state index in [1.165, 1.54) is 17.5 Å². The summed E-state index contributed by atoms with van der Waals surface area (Å²) in [5.74, 6) is 1.04. The van der Waals surface area contributed by atoms with Crippen molar-refractivity contribution in [2.75, 3.05) is 26.2 Å². The summed E-state index contributed by atoms with van der Waals surface area (Å²) in [5, 5.41) is 0. The fourth-order valence-electron chi connectivity index (χ4n) is 2.60. The fraction of sp³-hybridized carbons (Fsp3) is 0.600. The second kappa shape index (κ2) is 6.21. The highest BCUT2D eigenvalue weighted by Gasteiger charge is 2.16. The van der Waals surface area contributed by atoms with Gasteiger partial charge in [0.25, 0.3) is 0 Å². The number of ether oxygens (including phenoxy) is 1. The van der Waals surface area contributed by atoms with Crippen LogP contribution in [0, 0.1) is 13.8 Å². The molecule has 1 aliphatic rings. The largest absolute Gasteiger partial charge is 0.492 e. The standard InChI is InChI=1S/C15H24N2O/c1-12-5-3-6-13(2)15(12)18-10-9-17-8-4-7-14(16)11-17/h3,5-6,14H,4,7-11,16H2,1-2H3/t14-/m1/s1. The van der Waals surface area contributed by atoms with E-state index in [0.29, 0.717) is 6.04 Å². The lowest BCUT2D eigenvalue weighted by Gasteiger charge is -2.30. The van der Waals surface area contributed by atoms with Crippen LogP contribution >= 0.6 is 0 Å². The van der Waals surface area contributed by atoms with Gasteiger partial charge in [0.1, 0.15) is 12.4 Å². The van der Waals surface area contributed by atoms with E-state index in [4.69, 9.17) is 10.5 Å². The molecule has 0 unspecified atom stereocenters. The summed E-state index contributed by atoms with van der Waals surface area (Å²) in [6.45, 7) is 8.08. The molecule has 1 aromatic carbocycles. The Morgan fingerprint density at radius 3 is 2.72 bits per heavy atom. The molecule has 1 aliphatic heterocycles. The van der Waals surface area contributed by atoms with Gasteiger partial charge in [-0.1, -0.05) is 18.2 Å². The SMILES string of the molecule is Cc1cccc(C)c1OCCN1CCC[C@@H](N)C1. The van der Waals surface area contributed by atoms with Crippen LogP contribution in [0.4, 0.5) is 0 Å². The van der Waals surface area contributed by atoms with Gasteiger partial charge in [-0.25, -0.2) is 0 Å². The van der Waals surface area contributed by atoms with Crippen molar-refractivity contribution in [3.63, 3.8) is 0 Å². The van der Waals surface area contributed by atoms with E-state index in [0.717, 1.165) is 38.4 Å². The second-order valence-corrected chi connectivity index (χ2v) is 5.27. The number of hydrogen-bond acceptors (Lipinski definition) is 3. The molecule has 0 aromatic heterocycles. The van der Waals surface area contributed by atoms with Crippen molar-refractivity contribution in [3.8, 4) is 5.75 Å². The van der Waals surface area contributed by atoms with Crippen LogP contribution in [0.1, 0.15) is 24.0 Å². The van der Waals surface area contributed by atoms with Crippen LogP contribution in [0.3, 0.4) is 0 Å². The van der Waals surface area contributed by atoms with Crippen molar-refractivity contribution >= 4 is 0 Å². The molecule has 1 fully saturated rings. The number of likely N-dealkylation sites (tertiary alicyclic amines) is 1. The molecule has 2 N–H and O–H groups in total. The molecular formula is C15H24N2O. The van der Waals surface area contributed by atoms with Crippen LogP contribution in [0.5, 0.6) is 5.75 Å². The minimum absolute atomic E-state index is 0.346. The van der Waals surface area contributed by atoms with Gasteiger partial charge in [0, 0.05) is 19.1 Å². The Morgan fingerprint density at radius 1 is 1.33 bits per heavy atom. The van der Waals surface area contributed by atoms with Crippen LogP contribution in [0.2, 0.25) is 0 Å². The number of benzene rings is 1. The summed E-state index contributed by atoms with van der Waals surface area (Å²) in [5.41, 5.74) is 8.40. The normalized spacial score (nSPS) is 20.9. The van der Waals surface area contributed by atoms with Crippen molar-refractivity contribution in [1.82, 2.24) is 4.90 Å². The van der Waals surface area contributed by atoms with E-state index < -0.39 is 0 Å². The average Bonchev–Trinajstić information content (AvgIpc) is 2.33. The molecule has 1 heterocycles. The molecule has 1 aromatic rings. The van der Waals surface area contributed by atoms with Gasteiger partial charge in [0.15, 0.2) is 0 Å². The van der Waals surface area contributed by atoms with E-state index in [1.807, 2.05) is 0 Å². The maximum Gasteiger partial charge on any atom is 0.125 e. The molecular weight excluding hydrogens is 224 g/mol. The third kappa shape index (κ3) is 3.47. The van der Waals surface area contributed by atoms with Crippen LogP contribution in [-0.4, -0.2) is 37.2 Å². The molecule has 0 saturated carbocycles. The fourth-order valence-corrected chi connectivity index (χ4v) is 2.60. The number of para-hydroxylation sites is 1. The smallest absolute Gasteiger partial charge is 0.125 e. The highest BCUT2D eigenvalue weighted by molar-refractivity contribution is 5.39. The van der Waals surface area contributed by atoms with Gasteiger partial charge in [-0.2, -0.15) is 0 Å². The highest BCUT2D eigenvalue weighted by Crippen LogP contribution is 2.22. The third-order valence-electron chi connectivity index (χ3n) is 3.60. The third-order valence-corrected chi connectivity index (χ3v) is 3.60. The average molecular weight is 248 g/mol. The molecule has 18 heavy (non-hydrogen) atoms. The summed E-state index contributed by atoms with van der Waals surface area (Å²) in [6, 6.07) is 6.61. The predicted octanol–water partition coefficient (Wildman–Crippen LogP) is 2.11. The number of aryl methyl sites for hydroxylation is 2. The van der Waals surface area contributed by atoms with Crippen LogP contribution in [0.25, 0.3) is 0 Å². The highest BCUT2D eigenvalue weighted by atomic mass is 16.5. The summed E-state index contributed by atoms with van der Waals surface area (Å²) >= 11 is 0. The summed E-state index contributed by atoms with van der Waals surface area (Å²) in [4.78, 5) is 2.40. The summed E-state index contributed by atoms with van der Waals surface area (Å²) in [7, 11) is 0. The molecule has 0 radical (unpaired) electrons. The zero-order valence-corrected chi connectivity index (χ0v) is 11.5. The number of piperidine rings is 1. The molecule has 1 saturated heterocycles. The monoisotopic (exact) mass is 248 g/mol. The predicted molar refractivity (Wildman–Crippen MR) is 75.1 cm³/mol. The van der Waals surface area contributed by atoms with Crippen molar-refractivity contribution in [3.05, 3.63) is 29.3 Å². The molecule has 3 heteroatoms. The summed E-state index contributed by atoms with van der Waals surface area (Å²) < 4.78 is 5.92. The molecule has 100 valence electrons. The first-order chi connectivity index (χ1) is 8.66. The van der Waals surface area contributed by atoms with Crippen molar-refractivity contribution in [1.29, 1.82) is 0 Å². The van der Waals surface area contributed by atoms with Crippen molar-refractivity contribution < 1.29 is 4.74 Å². The van der Waals surface area contributed by atoms with E-state index in [1.54, 1.807) is 0 Å². The molecule has 0 bridgehead atoms. The van der Waals surface area contributed by atoms with Crippen LogP contribution in [0.15, 0.2) is 18.2 Å². The first-order valence-electron chi connectivity index (χ1n) is 6.84. The van der Waals surface area contributed by atoms with E-state index in [9.17, 15) is 0 Å². The maximum atomic E-state index is 5.97. The summed E-state index contributed by atoms with van der Waals surface area (Å²) in [6.07, 6.45) is 2.37. The Hall–Kier alpha value is -1.06. The number of nitrogens with two attached hydrogens (primary N) is 1. The Balaban J connectivity index is 1.81. The zero-order chi connectivity index (χ0) is 13.0. The molecule has 3 nitrogen and oxygen atoms in total. The number of nitrogens with zero attached hydrogens (tertiary/aromatic N) is 1. The topological polar surface area (TPSA) is 38.5 Å². The van der Waals surface area contributed by atoms with Gasteiger partial charge in [-0.3, -0.25) is 4.90 Å². The number of hydrogen-bond donors (Lipinski definition) is 1. The Bertz CT molecular complexity index is 372. The van der Waals surface area contributed by atoms with E-state index in [-0.39, 0.29) is 0 Å². The van der Waals surface area contributed by atoms with E-state index in [2.05, 4.69) is 36.9 Å². The van der Waals surface area contributed by atoms with Crippen molar-refractivity contribution in [2.45, 2.75) is 32.7 Å². The lowest BCUT2D eigenvalue weighted by Crippen LogP contribution is -2.44. The van der Waals surface area contributed by atoms with Gasteiger partial charge >= 0.3 is 0 Å². The second-order valence-electron chi connectivity index (χ2n) is 5.27. The number of rotatable bonds is 4. The van der Waals surface area contributed by atoms with Gasteiger partial charge in [0.2, 0.25) is 0 Å². The molecule has 2 rings (SSSR count). The Morgan fingerprint density at radius 2 is 2.06 bits per heavy atom. The van der Waals surface area contributed by atoms with Gasteiger partial charge in [-0.05, 0) is 44.4 Å². The minimum atomic E-state index is 0.346. The van der Waals surface area contributed by atoms with Gasteiger partial charge < -0.3 is 10.5 Å². The Labute approximate surface area is 110 Å². The molecule has 0 aliphatic carbocycles. The zero-order valence-electron chi connectivity index (χ0n) is 11.5. The molecule has 1 atom stereocenters. The lowest BCUT2D eigenvalue weighted by atomic mass is 10.1. The lowest BCUT2D eigenvalue weighted by molar-refractivity contribution is 0.170. The van der Waals surface area contributed by atoms with E-state index >= 15 is 0 Å². The first kappa shape index (κ1) is 13.4. The maximum absolute atomic E-state index is 5.97. The Kier molecular flexibility index (Phi) is 4.61. The first-order valence-corrected chi connectivity index (χ1v) is 6.84. The molecule has 0 spiro atoms. The van der Waals surface area contributed by atoms with Crippen LogP contribution < -0.4 is 10.5 Å². The van der Waals surface area contributed by atoms with Crippen LogP contribution in [-0.2, 0) is 0 Å². The van der Waals surface area contributed by atoms with Gasteiger partial charge in [-0.15, -0.1) is 0 Å². The quantitative estimate of drug-likeness (QED) is 0.887. The van der Waals surface area contributed by atoms with Crippen molar-refractivity contribution in [2.24, 2.45) is 5.73 Å². The van der Waals surface area contributed by atoms with Gasteiger partial charge in [0.05, 0.1) is 0 Å².